The van der Waals surface area contributed by atoms with Gasteiger partial charge in [-0.15, -0.1) is 0 Å². The van der Waals surface area contributed by atoms with E-state index in [9.17, 15) is 54.5 Å². The molecule has 0 aliphatic carbocycles. The summed E-state index contributed by atoms with van der Waals surface area (Å²) in [5.41, 5.74) is 1.93. The average Bonchev–Trinajstić information content (AvgIpc) is 3.21. The van der Waals surface area contributed by atoms with E-state index in [0.29, 0.717) is 23.4 Å². The van der Waals surface area contributed by atoms with Crippen molar-refractivity contribution in [3.63, 3.8) is 0 Å². The number of phenolic OH excluding ortho intramolecular Hbond substituents is 2. The highest BCUT2D eigenvalue weighted by Crippen LogP contribution is 2.40. The maximum Gasteiger partial charge on any atom is 0.417 e. The number of benzene rings is 6. The number of ether oxygens (including phenoxy) is 1. The van der Waals surface area contributed by atoms with Gasteiger partial charge in [-0.25, -0.2) is 0 Å². The molecule has 19 heteroatoms. The average molecular weight is 1020 g/mol. The van der Waals surface area contributed by atoms with Crippen LogP contribution in [0.4, 0.5) is 56.6 Å². The predicted octanol–water partition coefficient (Wildman–Crippen LogP) is 16.5. The molecule has 0 saturated heterocycles. The van der Waals surface area contributed by atoms with Gasteiger partial charge in [-0.3, -0.25) is 4.79 Å². The summed E-state index contributed by atoms with van der Waals surface area (Å²) in [5.74, 6) is -0.0673. The molecule has 0 spiro atoms. The first-order valence-corrected chi connectivity index (χ1v) is 20.2. The summed E-state index contributed by atoms with van der Waals surface area (Å²) >= 11 is 16.7. The van der Waals surface area contributed by atoms with Crippen molar-refractivity contribution in [2.24, 2.45) is 0 Å². The Morgan fingerprint density at radius 2 is 1.09 bits per heavy atom. The van der Waals surface area contributed by atoms with Crippen LogP contribution >= 0.6 is 34.8 Å². The summed E-state index contributed by atoms with van der Waals surface area (Å²) < 4.78 is 121. The molecule has 0 aromatic heterocycles. The van der Waals surface area contributed by atoms with E-state index < -0.39 is 46.1 Å². The number of anilines is 3. The lowest BCUT2D eigenvalue weighted by Gasteiger charge is -2.32. The summed E-state index contributed by atoms with van der Waals surface area (Å²) in [6.45, 7) is 6.31. The van der Waals surface area contributed by atoms with E-state index in [1.165, 1.54) is 36.4 Å². The van der Waals surface area contributed by atoms with Crippen LogP contribution in [0.2, 0.25) is 15.1 Å². The lowest BCUT2D eigenvalue weighted by molar-refractivity contribution is -0.138. The third kappa shape index (κ3) is 14.8. The third-order valence-electron chi connectivity index (χ3n) is 9.85. The van der Waals surface area contributed by atoms with E-state index in [2.05, 4.69) is 10.6 Å². The van der Waals surface area contributed by atoms with Gasteiger partial charge in [0, 0.05) is 34.7 Å². The van der Waals surface area contributed by atoms with Crippen molar-refractivity contribution >= 4 is 57.8 Å². The molecule has 368 valence electrons. The second-order valence-electron chi connectivity index (χ2n) is 14.4. The van der Waals surface area contributed by atoms with Crippen molar-refractivity contribution in [2.75, 3.05) is 22.3 Å². The zero-order valence-electron chi connectivity index (χ0n) is 34.2. The Morgan fingerprint density at radius 1 is 0.618 bits per heavy atom. The van der Waals surface area contributed by atoms with Crippen LogP contribution in [0.5, 0.6) is 17.2 Å². The second kappa shape index (κ2) is 23.8. The van der Waals surface area contributed by atoms with Gasteiger partial charge in [-0.2, -0.15) is 39.5 Å². The molecule has 7 nitrogen and oxygen atoms in total. The van der Waals surface area contributed by atoms with Crippen molar-refractivity contribution in [1.29, 1.82) is 0 Å². The molecule has 1 aliphatic heterocycles. The number of halogens is 12. The van der Waals surface area contributed by atoms with E-state index >= 15 is 0 Å². The number of alkyl halides is 9. The van der Waals surface area contributed by atoms with E-state index in [1.54, 1.807) is 36.1 Å². The van der Waals surface area contributed by atoms with E-state index in [1.807, 2.05) is 38.1 Å². The topological polar surface area (TPSA) is 94.1 Å². The minimum absolute atomic E-state index is 0. The van der Waals surface area contributed by atoms with Gasteiger partial charge >= 0.3 is 18.5 Å². The number of phenols is 2. The highest BCUT2D eigenvalue weighted by molar-refractivity contribution is 6.32. The maximum absolute atomic E-state index is 13.0. The van der Waals surface area contributed by atoms with Gasteiger partial charge in [-0.1, -0.05) is 93.5 Å². The largest absolute Gasteiger partial charge is 0.508 e. The highest BCUT2D eigenvalue weighted by atomic mass is 35.5. The Balaban J connectivity index is 0.000000343. The van der Waals surface area contributed by atoms with Crippen LogP contribution in [0.15, 0.2) is 109 Å². The standard InChI is InChI=1S/C16H13ClF3NO.C15H11ClF3NO2.C15H13ClF3NO.3CH4/c1-10-3-2-4-15-12(10)8-21(9-22-15)11-5-6-14(17)13(7-11)16(18,19)20;1-8-3-2-4-12(21)13(8)14(22)20-9-5-6-11(16)10(7-9)15(17,18)19;1-9-3-2-4-14(21)11(9)8-20-10-5-6-13(16)12(7-10)15(17,18)19;;;/h2-7H,8-9H2,1H3;2-7,21H,1H3,(H,20,22);2-7,20-21H,8H2,1H3;3*1H4. The molecule has 7 rings (SSSR count). The summed E-state index contributed by atoms with van der Waals surface area (Å²) in [5, 5.41) is 23.6. The van der Waals surface area contributed by atoms with E-state index in [-0.39, 0.29) is 74.0 Å². The zero-order chi connectivity index (χ0) is 48.0. The molecule has 68 heavy (non-hydrogen) atoms. The molecule has 6 aromatic carbocycles. The number of hydrogen-bond acceptors (Lipinski definition) is 6. The molecular weight excluding hydrogens is 972 g/mol. The number of aryl methyl sites for hydroxylation is 3. The summed E-state index contributed by atoms with van der Waals surface area (Å²) in [4.78, 5) is 13.9. The SMILES string of the molecule is C.C.C.Cc1cccc(O)c1C(=O)Nc1ccc(Cl)c(C(F)(F)F)c1.Cc1cccc(O)c1CNc1ccc(Cl)c(C(F)(F)F)c1.Cc1cccc2c1CN(c1ccc(Cl)c(C(F)(F)F)c1)CO2. The number of carbonyl (C=O) groups is 1. The number of nitrogens with one attached hydrogen (secondary N) is 2. The van der Waals surface area contributed by atoms with Crippen molar-refractivity contribution in [2.45, 2.75) is 74.7 Å². The number of aromatic hydroxyl groups is 2. The fourth-order valence-electron chi connectivity index (χ4n) is 6.41. The number of fused-ring (bicyclic) bond motifs is 1. The molecule has 0 atom stereocenters. The molecule has 6 aromatic rings. The summed E-state index contributed by atoms with van der Waals surface area (Å²) in [6.07, 6.45) is -13.6. The molecule has 0 fully saturated rings. The van der Waals surface area contributed by atoms with Gasteiger partial charge in [0.25, 0.3) is 5.91 Å². The Labute approximate surface area is 404 Å². The number of amides is 1. The zero-order valence-corrected chi connectivity index (χ0v) is 36.5. The normalized spacial score (nSPS) is 11.9. The first-order chi connectivity index (χ1) is 30.3. The maximum atomic E-state index is 13.0. The first-order valence-electron chi connectivity index (χ1n) is 19.0. The fourth-order valence-corrected chi connectivity index (χ4v) is 7.09. The Bertz CT molecular complexity index is 2640. The van der Waals surface area contributed by atoms with Crippen LogP contribution in [-0.4, -0.2) is 22.9 Å². The van der Waals surface area contributed by atoms with Crippen LogP contribution in [0.1, 0.15) is 77.1 Å². The van der Waals surface area contributed by atoms with Gasteiger partial charge < -0.3 is 30.5 Å². The highest BCUT2D eigenvalue weighted by Gasteiger charge is 2.36. The lowest BCUT2D eigenvalue weighted by atomic mass is 10.1. The molecule has 0 unspecified atom stereocenters. The molecule has 1 heterocycles. The number of nitrogens with zero attached hydrogens (tertiary/aromatic N) is 1. The van der Waals surface area contributed by atoms with Gasteiger partial charge in [0.05, 0.1) is 43.9 Å². The van der Waals surface area contributed by atoms with Crippen LogP contribution in [0.3, 0.4) is 0 Å². The fraction of sp³-hybridized carbons (Fsp3) is 0.245. The Kier molecular flexibility index (Phi) is 20.4. The molecule has 0 radical (unpaired) electrons. The minimum Gasteiger partial charge on any atom is -0.508 e. The van der Waals surface area contributed by atoms with Gasteiger partial charge in [0.15, 0.2) is 6.73 Å². The molecule has 4 N–H and O–H groups in total. The van der Waals surface area contributed by atoms with Crippen molar-refractivity contribution in [1.82, 2.24) is 0 Å². The quantitative estimate of drug-likeness (QED) is 0.124. The Morgan fingerprint density at radius 3 is 1.63 bits per heavy atom. The monoisotopic (exact) mass is 1020 g/mol. The van der Waals surface area contributed by atoms with Crippen molar-refractivity contribution in [3.05, 3.63) is 174 Å². The van der Waals surface area contributed by atoms with Gasteiger partial charge in [0.2, 0.25) is 0 Å². The molecule has 1 aliphatic rings. The third-order valence-corrected chi connectivity index (χ3v) is 10.8. The van der Waals surface area contributed by atoms with E-state index in [0.717, 1.165) is 46.7 Å². The van der Waals surface area contributed by atoms with Gasteiger partial charge in [0.1, 0.15) is 17.2 Å². The van der Waals surface area contributed by atoms with Crippen molar-refractivity contribution in [3.8, 4) is 17.2 Å². The smallest absolute Gasteiger partial charge is 0.417 e. The van der Waals surface area contributed by atoms with Crippen LogP contribution in [0, 0.1) is 20.8 Å². The molecular formula is C49H49Cl3F9N3O4. The Hall–Kier alpha value is -5.97. The van der Waals surface area contributed by atoms with Gasteiger partial charge in [-0.05, 0) is 110 Å². The summed E-state index contributed by atoms with van der Waals surface area (Å²) in [7, 11) is 0. The first kappa shape index (κ1) is 58.2. The minimum atomic E-state index is -4.62. The van der Waals surface area contributed by atoms with Crippen molar-refractivity contribution < 1.29 is 59.3 Å². The predicted molar refractivity (Wildman–Crippen MR) is 253 cm³/mol. The van der Waals surface area contributed by atoms with Crippen LogP contribution in [0.25, 0.3) is 0 Å². The summed E-state index contributed by atoms with van der Waals surface area (Å²) in [6, 6.07) is 25.9. The second-order valence-corrected chi connectivity index (χ2v) is 15.6. The number of carbonyl (C=O) groups excluding carboxylic acids is 1. The lowest BCUT2D eigenvalue weighted by Crippen LogP contribution is -2.32. The van der Waals surface area contributed by atoms with Crippen LogP contribution < -0.4 is 20.3 Å². The number of hydrogen-bond donors (Lipinski definition) is 4. The van der Waals surface area contributed by atoms with Crippen LogP contribution in [-0.2, 0) is 31.6 Å². The van der Waals surface area contributed by atoms with E-state index in [4.69, 9.17) is 39.5 Å². The molecule has 1 amide bonds. The number of rotatable bonds is 6. The molecule has 0 bridgehead atoms. The molecule has 0 saturated carbocycles.